The molecule has 0 saturated heterocycles. The lowest BCUT2D eigenvalue weighted by molar-refractivity contribution is -0.118. The van der Waals surface area contributed by atoms with Crippen molar-refractivity contribution in [2.45, 2.75) is 6.92 Å². The molecule has 2 aromatic heterocycles. The topological polar surface area (TPSA) is 112 Å². The molecule has 5 aromatic rings. The minimum atomic E-state index is -0.422. The molecule has 0 atom stereocenters. The maximum absolute atomic E-state index is 13.1. The van der Waals surface area contributed by atoms with Gasteiger partial charge in [-0.1, -0.05) is 42.0 Å². The van der Waals surface area contributed by atoms with Gasteiger partial charge in [0.05, 0.1) is 11.4 Å². The van der Waals surface area contributed by atoms with Crippen LogP contribution in [-0.2, 0) is 4.79 Å². The van der Waals surface area contributed by atoms with Gasteiger partial charge in [0, 0.05) is 10.9 Å². The Morgan fingerprint density at radius 1 is 1.00 bits per heavy atom. The third kappa shape index (κ3) is 4.26. The van der Waals surface area contributed by atoms with E-state index in [9.17, 15) is 9.59 Å². The van der Waals surface area contributed by atoms with E-state index < -0.39 is 5.91 Å². The molecule has 9 nitrogen and oxygen atoms in total. The van der Waals surface area contributed by atoms with E-state index in [4.69, 9.17) is 9.15 Å². The van der Waals surface area contributed by atoms with Crippen molar-refractivity contribution in [3.63, 3.8) is 0 Å². The van der Waals surface area contributed by atoms with Crippen molar-refractivity contribution < 1.29 is 18.7 Å². The molecular formula is C25H19N5O4. The van der Waals surface area contributed by atoms with E-state index in [-0.39, 0.29) is 18.2 Å². The number of ether oxygens (including phenoxy) is 1. The number of nitrogens with zero attached hydrogens (tertiary/aromatic N) is 4. The van der Waals surface area contributed by atoms with Gasteiger partial charge in [-0.15, -0.1) is 5.10 Å². The first-order valence-corrected chi connectivity index (χ1v) is 10.5. The maximum atomic E-state index is 13.1. The number of hydrogen-bond acceptors (Lipinski definition) is 7. The van der Waals surface area contributed by atoms with E-state index in [2.05, 4.69) is 20.8 Å². The molecular weight excluding hydrogens is 434 g/mol. The Balaban J connectivity index is 1.33. The van der Waals surface area contributed by atoms with E-state index >= 15 is 0 Å². The van der Waals surface area contributed by atoms with Gasteiger partial charge in [-0.25, -0.2) is 4.68 Å². The number of carbonyl (C=O) groups is 2. The van der Waals surface area contributed by atoms with Crippen LogP contribution in [-0.4, -0.2) is 38.5 Å². The highest BCUT2D eigenvalue weighted by Crippen LogP contribution is 2.32. The van der Waals surface area contributed by atoms with E-state index in [1.165, 1.54) is 11.0 Å². The quantitative estimate of drug-likeness (QED) is 0.371. The summed E-state index contributed by atoms with van der Waals surface area (Å²) in [4.78, 5) is 25.9. The number of furan rings is 1. The molecule has 0 aliphatic carbocycles. The van der Waals surface area contributed by atoms with E-state index in [1.54, 1.807) is 54.6 Å². The van der Waals surface area contributed by atoms with Gasteiger partial charge in [0.15, 0.2) is 12.4 Å². The summed E-state index contributed by atoms with van der Waals surface area (Å²) in [6, 6.07) is 21.3. The van der Waals surface area contributed by atoms with E-state index in [1.807, 2.05) is 25.1 Å². The predicted molar refractivity (Wildman–Crippen MR) is 124 cm³/mol. The minimum Gasteiger partial charge on any atom is -0.484 e. The first-order chi connectivity index (χ1) is 16.6. The fourth-order valence-electron chi connectivity index (χ4n) is 3.46. The average molecular weight is 453 g/mol. The molecule has 0 fully saturated rings. The van der Waals surface area contributed by atoms with Crippen LogP contribution < -0.4 is 10.1 Å². The summed E-state index contributed by atoms with van der Waals surface area (Å²) < 4.78 is 13.0. The zero-order chi connectivity index (χ0) is 23.5. The maximum Gasteiger partial charge on any atom is 0.262 e. The van der Waals surface area contributed by atoms with Gasteiger partial charge in [0.1, 0.15) is 17.7 Å². The van der Waals surface area contributed by atoms with Crippen LogP contribution in [0.1, 0.15) is 21.7 Å². The first kappa shape index (κ1) is 21.1. The van der Waals surface area contributed by atoms with Crippen LogP contribution >= 0.6 is 0 Å². The molecule has 0 radical (unpaired) electrons. The minimum absolute atomic E-state index is 0.0733. The highest BCUT2D eigenvalue weighted by Gasteiger charge is 2.23. The SMILES string of the molecule is Cc1ccc(C(=O)c2oc3ccccc3c2NC(=O)COc2ccc(-n3cnnn3)cc2)cc1. The lowest BCUT2D eigenvalue weighted by atomic mass is 10.1. The number of benzene rings is 3. The van der Waals surface area contributed by atoms with Gasteiger partial charge in [0.25, 0.3) is 5.91 Å². The largest absolute Gasteiger partial charge is 0.484 e. The molecule has 0 bridgehead atoms. The van der Waals surface area contributed by atoms with Crippen molar-refractivity contribution in [2.75, 3.05) is 11.9 Å². The second kappa shape index (κ2) is 8.99. The zero-order valence-corrected chi connectivity index (χ0v) is 18.1. The fraction of sp³-hybridized carbons (Fsp3) is 0.0800. The fourth-order valence-corrected chi connectivity index (χ4v) is 3.46. The summed E-state index contributed by atoms with van der Waals surface area (Å²) in [5.74, 6) is -0.163. The Hall–Kier alpha value is -4.79. The molecule has 9 heteroatoms. The Labute approximate surface area is 194 Å². The zero-order valence-electron chi connectivity index (χ0n) is 18.1. The van der Waals surface area contributed by atoms with Crippen LogP contribution in [0.15, 0.2) is 83.5 Å². The molecule has 0 unspecified atom stereocenters. The van der Waals surface area contributed by atoms with Gasteiger partial charge in [-0.3, -0.25) is 9.59 Å². The molecule has 34 heavy (non-hydrogen) atoms. The standard InChI is InChI=1S/C25H19N5O4/c1-16-6-8-17(9-7-16)24(32)25-23(20-4-2-3-5-21(20)34-25)27-22(31)14-33-19-12-10-18(11-13-19)30-15-26-28-29-30/h2-13,15H,14H2,1H3,(H,27,31). The number of aromatic nitrogens is 4. The van der Waals surface area contributed by atoms with Crippen molar-refractivity contribution in [1.29, 1.82) is 0 Å². The van der Waals surface area contributed by atoms with Crippen molar-refractivity contribution in [2.24, 2.45) is 0 Å². The lowest BCUT2D eigenvalue weighted by Gasteiger charge is -2.09. The summed E-state index contributed by atoms with van der Waals surface area (Å²) >= 11 is 0. The first-order valence-electron chi connectivity index (χ1n) is 10.5. The van der Waals surface area contributed by atoms with Gasteiger partial charge >= 0.3 is 0 Å². The van der Waals surface area contributed by atoms with E-state index in [0.29, 0.717) is 28.0 Å². The van der Waals surface area contributed by atoms with Gasteiger partial charge < -0.3 is 14.5 Å². The van der Waals surface area contributed by atoms with Crippen LogP contribution in [0.3, 0.4) is 0 Å². The molecule has 5 rings (SSSR count). The van der Waals surface area contributed by atoms with Gasteiger partial charge in [0.2, 0.25) is 5.78 Å². The molecule has 2 heterocycles. The highest BCUT2D eigenvalue weighted by atomic mass is 16.5. The number of anilines is 1. The normalized spacial score (nSPS) is 10.9. The number of aryl methyl sites for hydroxylation is 1. The summed E-state index contributed by atoms with van der Waals surface area (Å²) in [6.45, 7) is 1.70. The van der Waals surface area contributed by atoms with Crippen molar-refractivity contribution in [1.82, 2.24) is 20.2 Å². The number of rotatable bonds is 7. The number of fused-ring (bicyclic) bond motifs is 1. The summed E-state index contributed by atoms with van der Waals surface area (Å²) in [7, 11) is 0. The Morgan fingerprint density at radius 3 is 2.50 bits per heavy atom. The second-order valence-electron chi connectivity index (χ2n) is 7.58. The number of nitrogens with one attached hydrogen (secondary N) is 1. The van der Waals surface area contributed by atoms with Crippen LogP contribution in [0.4, 0.5) is 5.69 Å². The number of carbonyl (C=O) groups excluding carboxylic acids is 2. The second-order valence-corrected chi connectivity index (χ2v) is 7.58. The average Bonchev–Trinajstić information content (AvgIpc) is 3.52. The molecule has 0 aliphatic heterocycles. The third-order valence-corrected chi connectivity index (χ3v) is 5.20. The van der Waals surface area contributed by atoms with Gasteiger partial charge in [-0.05, 0) is 53.7 Å². The monoisotopic (exact) mass is 453 g/mol. The van der Waals surface area contributed by atoms with Crippen LogP contribution in [0.25, 0.3) is 16.7 Å². The lowest BCUT2D eigenvalue weighted by Crippen LogP contribution is -2.21. The number of amides is 1. The Kier molecular flexibility index (Phi) is 5.57. The number of para-hydroxylation sites is 1. The molecule has 168 valence electrons. The smallest absolute Gasteiger partial charge is 0.262 e. The molecule has 1 amide bonds. The molecule has 0 aliphatic rings. The Morgan fingerprint density at radius 2 is 1.76 bits per heavy atom. The summed E-state index contributed by atoms with van der Waals surface area (Å²) in [5.41, 5.74) is 3.10. The molecule has 1 N–H and O–H groups in total. The molecule has 0 spiro atoms. The molecule has 0 saturated carbocycles. The van der Waals surface area contributed by atoms with Crippen molar-refractivity contribution in [3.8, 4) is 11.4 Å². The Bertz CT molecular complexity index is 1460. The number of hydrogen-bond donors (Lipinski definition) is 1. The summed E-state index contributed by atoms with van der Waals surface area (Å²) in [5, 5.41) is 14.4. The van der Waals surface area contributed by atoms with Crippen molar-refractivity contribution in [3.05, 3.63) is 96.0 Å². The van der Waals surface area contributed by atoms with E-state index in [0.717, 1.165) is 11.3 Å². The number of ketones is 1. The van der Waals surface area contributed by atoms with Crippen molar-refractivity contribution >= 4 is 28.3 Å². The predicted octanol–water partition coefficient (Wildman–Crippen LogP) is 3.97. The van der Waals surface area contributed by atoms with Gasteiger partial charge in [-0.2, -0.15) is 0 Å². The highest BCUT2D eigenvalue weighted by molar-refractivity contribution is 6.17. The summed E-state index contributed by atoms with van der Waals surface area (Å²) in [6.07, 6.45) is 1.48. The van der Waals surface area contributed by atoms with Crippen LogP contribution in [0, 0.1) is 6.92 Å². The van der Waals surface area contributed by atoms with Crippen LogP contribution in [0.5, 0.6) is 5.75 Å². The van der Waals surface area contributed by atoms with Crippen LogP contribution in [0.2, 0.25) is 0 Å². The molecule has 3 aromatic carbocycles. The number of tetrazole rings is 1. The third-order valence-electron chi connectivity index (χ3n) is 5.20.